The fourth-order valence-electron chi connectivity index (χ4n) is 2.09. The van der Waals surface area contributed by atoms with Crippen molar-refractivity contribution in [3.63, 3.8) is 0 Å². The van der Waals surface area contributed by atoms with Gasteiger partial charge in [-0.25, -0.2) is 0 Å². The van der Waals surface area contributed by atoms with Crippen LogP contribution in [0.4, 0.5) is 0 Å². The van der Waals surface area contributed by atoms with Crippen molar-refractivity contribution in [3.05, 3.63) is 0 Å². The molecule has 0 radical (unpaired) electrons. The minimum atomic E-state index is -0.209. The summed E-state index contributed by atoms with van der Waals surface area (Å²) in [6.45, 7) is 4.64. The summed E-state index contributed by atoms with van der Waals surface area (Å²) in [5, 5.41) is 0. The molecule has 0 aromatic carbocycles. The number of hydrogen-bond donors (Lipinski definition) is 0. The summed E-state index contributed by atoms with van der Waals surface area (Å²) in [6, 6.07) is 0.178. The van der Waals surface area contributed by atoms with Crippen LogP contribution in [0.5, 0.6) is 0 Å². The number of carbonyl (C=O) groups excluding carboxylic acids is 2. The molecule has 0 spiro atoms. The van der Waals surface area contributed by atoms with Gasteiger partial charge in [0.1, 0.15) is 0 Å². The summed E-state index contributed by atoms with van der Waals surface area (Å²) in [5.41, 5.74) is 0. The molecule has 0 aromatic heterocycles. The molecule has 0 aliphatic heterocycles. The van der Waals surface area contributed by atoms with Crippen LogP contribution >= 0.6 is 0 Å². The smallest absolute Gasteiger partial charge is 0.305 e. The largest absolute Gasteiger partial charge is 0.469 e. The molecule has 0 aliphatic rings. The van der Waals surface area contributed by atoms with Crippen molar-refractivity contribution in [1.82, 2.24) is 4.90 Å². The second kappa shape index (κ2) is 16.3. The van der Waals surface area contributed by atoms with Crippen molar-refractivity contribution in [2.75, 3.05) is 54.2 Å². The van der Waals surface area contributed by atoms with E-state index in [9.17, 15) is 9.59 Å². The first-order valence-corrected chi connectivity index (χ1v) is 9.05. The fraction of sp³-hybridized carbons (Fsp3) is 0.889. The number of ether oxygens (including phenoxy) is 4. The van der Waals surface area contributed by atoms with Crippen molar-refractivity contribution in [3.8, 4) is 0 Å². The lowest BCUT2D eigenvalue weighted by atomic mass is 10.2. The van der Waals surface area contributed by atoms with Gasteiger partial charge >= 0.3 is 11.9 Å². The summed E-state index contributed by atoms with van der Waals surface area (Å²) in [4.78, 5) is 24.3. The van der Waals surface area contributed by atoms with E-state index in [-0.39, 0.29) is 18.0 Å². The molecule has 0 saturated carbocycles. The molecular formula is C18H35NO6. The van der Waals surface area contributed by atoms with Crippen LogP contribution in [-0.4, -0.2) is 77.1 Å². The SMILES string of the molecule is CCOC(=O)CCCCCOCC(COCCCC(=O)OC)N(C)C. The Morgan fingerprint density at radius 1 is 0.880 bits per heavy atom. The maximum absolute atomic E-state index is 11.2. The maximum Gasteiger partial charge on any atom is 0.305 e. The Hall–Kier alpha value is -1.18. The Bertz CT molecular complexity index is 348. The zero-order valence-electron chi connectivity index (χ0n) is 16.3. The summed E-state index contributed by atoms with van der Waals surface area (Å²) in [6.07, 6.45) is 4.24. The number of nitrogens with zero attached hydrogens (tertiary/aromatic N) is 1. The first-order chi connectivity index (χ1) is 12.0. The number of carbonyl (C=O) groups is 2. The molecule has 1 unspecified atom stereocenters. The Morgan fingerprint density at radius 3 is 2.04 bits per heavy atom. The molecule has 0 aromatic rings. The third-order valence-electron chi connectivity index (χ3n) is 3.72. The number of rotatable bonds is 16. The molecule has 0 rings (SSSR count). The number of likely N-dealkylation sites (N-methyl/N-ethyl adjacent to an activating group) is 1. The number of hydrogen-bond acceptors (Lipinski definition) is 7. The molecule has 0 heterocycles. The first kappa shape index (κ1) is 23.8. The van der Waals surface area contributed by atoms with E-state index in [0.717, 1.165) is 19.3 Å². The molecule has 0 fully saturated rings. The van der Waals surface area contributed by atoms with Gasteiger partial charge in [0.2, 0.25) is 0 Å². The number of methoxy groups -OCH3 is 1. The highest BCUT2D eigenvalue weighted by Gasteiger charge is 2.12. The van der Waals surface area contributed by atoms with Crippen LogP contribution in [0.15, 0.2) is 0 Å². The van der Waals surface area contributed by atoms with E-state index in [1.165, 1.54) is 7.11 Å². The molecule has 7 heteroatoms. The van der Waals surface area contributed by atoms with Gasteiger partial charge in [0.25, 0.3) is 0 Å². The highest BCUT2D eigenvalue weighted by Crippen LogP contribution is 2.03. The van der Waals surface area contributed by atoms with E-state index >= 15 is 0 Å². The quantitative estimate of drug-likeness (QED) is 0.307. The summed E-state index contributed by atoms with van der Waals surface area (Å²) in [5.74, 6) is -0.334. The predicted octanol–water partition coefficient (Wildman–Crippen LogP) is 2.03. The fourth-order valence-corrected chi connectivity index (χ4v) is 2.09. The minimum Gasteiger partial charge on any atom is -0.469 e. The summed E-state index contributed by atoms with van der Waals surface area (Å²) in [7, 11) is 5.37. The van der Waals surface area contributed by atoms with E-state index in [0.29, 0.717) is 52.3 Å². The van der Waals surface area contributed by atoms with E-state index in [2.05, 4.69) is 9.64 Å². The molecule has 0 saturated heterocycles. The third-order valence-corrected chi connectivity index (χ3v) is 3.72. The summed E-state index contributed by atoms with van der Waals surface area (Å²) >= 11 is 0. The van der Waals surface area contributed by atoms with Crippen molar-refractivity contribution in [2.45, 2.75) is 51.5 Å². The zero-order valence-corrected chi connectivity index (χ0v) is 16.3. The molecular weight excluding hydrogens is 326 g/mol. The van der Waals surface area contributed by atoms with Gasteiger partial charge in [-0.2, -0.15) is 0 Å². The van der Waals surface area contributed by atoms with Crippen molar-refractivity contribution >= 4 is 11.9 Å². The van der Waals surface area contributed by atoms with Crippen LogP contribution in [0.1, 0.15) is 45.4 Å². The van der Waals surface area contributed by atoms with Gasteiger partial charge in [-0.15, -0.1) is 0 Å². The van der Waals surface area contributed by atoms with E-state index < -0.39 is 0 Å². The molecule has 0 aliphatic carbocycles. The van der Waals surface area contributed by atoms with Crippen molar-refractivity contribution < 1.29 is 28.5 Å². The standard InChI is InChI=1S/C18H35NO6/c1-5-25-18(21)10-7-6-8-12-23-14-16(19(2)3)15-24-13-9-11-17(20)22-4/h16H,5-15H2,1-4H3. The molecule has 148 valence electrons. The van der Waals surface area contributed by atoms with Gasteiger partial charge in [-0.05, 0) is 40.3 Å². The van der Waals surface area contributed by atoms with E-state index in [1.54, 1.807) is 0 Å². The Morgan fingerprint density at radius 2 is 1.48 bits per heavy atom. The van der Waals surface area contributed by atoms with Crippen molar-refractivity contribution in [2.24, 2.45) is 0 Å². The third kappa shape index (κ3) is 14.8. The Labute approximate surface area is 151 Å². The normalized spacial score (nSPS) is 12.2. The van der Waals surface area contributed by atoms with Gasteiger partial charge < -0.3 is 23.8 Å². The minimum absolute atomic E-state index is 0.125. The zero-order chi connectivity index (χ0) is 18.9. The molecule has 25 heavy (non-hydrogen) atoms. The van der Waals surface area contributed by atoms with Gasteiger partial charge in [0.15, 0.2) is 0 Å². The molecule has 1 atom stereocenters. The monoisotopic (exact) mass is 361 g/mol. The predicted molar refractivity (Wildman–Crippen MR) is 95.5 cm³/mol. The average molecular weight is 361 g/mol. The van der Waals surface area contributed by atoms with Gasteiger partial charge in [0, 0.05) is 26.1 Å². The van der Waals surface area contributed by atoms with Gasteiger partial charge in [-0.3, -0.25) is 9.59 Å². The molecule has 0 N–H and O–H groups in total. The molecule has 7 nitrogen and oxygen atoms in total. The average Bonchev–Trinajstić information content (AvgIpc) is 2.58. The highest BCUT2D eigenvalue weighted by atomic mass is 16.5. The number of unbranched alkanes of at least 4 members (excludes halogenated alkanes) is 2. The van der Waals surface area contributed by atoms with Gasteiger partial charge in [0.05, 0.1) is 33.0 Å². The molecule has 0 amide bonds. The second-order valence-corrected chi connectivity index (χ2v) is 6.06. The van der Waals surface area contributed by atoms with Crippen molar-refractivity contribution in [1.29, 1.82) is 0 Å². The van der Waals surface area contributed by atoms with Crippen LogP contribution in [0.3, 0.4) is 0 Å². The van der Waals surface area contributed by atoms with E-state index in [4.69, 9.17) is 14.2 Å². The summed E-state index contributed by atoms with van der Waals surface area (Å²) < 4.78 is 20.8. The highest BCUT2D eigenvalue weighted by molar-refractivity contribution is 5.69. The van der Waals surface area contributed by atoms with E-state index in [1.807, 2.05) is 21.0 Å². The Balaban J connectivity index is 3.63. The molecule has 0 bridgehead atoms. The lowest BCUT2D eigenvalue weighted by Crippen LogP contribution is -2.37. The first-order valence-electron chi connectivity index (χ1n) is 9.05. The van der Waals surface area contributed by atoms with Crippen LogP contribution in [0, 0.1) is 0 Å². The van der Waals surface area contributed by atoms with Crippen LogP contribution in [0.2, 0.25) is 0 Å². The topological polar surface area (TPSA) is 74.3 Å². The van der Waals surface area contributed by atoms with Crippen LogP contribution in [-0.2, 0) is 28.5 Å². The van der Waals surface area contributed by atoms with Gasteiger partial charge in [-0.1, -0.05) is 6.42 Å². The van der Waals surface area contributed by atoms with Crippen LogP contribution < -0.4 is 0 Å². The number of esters is 2. The second-order valence-electron chi connectivity index (χ2n) is 6.06. The maximum atomic E-state index is 11.2. The lowest BCUT2D eigenvalue weighted by Gasteiger charge is -2.24. The Kier molecular flexibility index (Phi) is 15.5. The van der Waals surface area contributed by atoms with Crippen LogP contribution in [0.25, 0.3) is 0 Å². The lowest BCUT2D eigenvalue weighted by molar-refractivity contribution is -0.143.